The number of hydrogen-bond donors (Lipinski definition) is 1. The highest BCUT2D eigenvalue weighted by molar-refractivity contribution is 7.99. The highest BCUT2D eigenvalue weighted by Crippen LogP contribution is 2.37. The summed E-state index contributed by atoms with van der Waals surface area (Å²) in [6.45, 7) is 2.68. The third-order valence-electron chi connectivity index (χ3n) is 2.77. The monoisotopic (exact) mass is 277 g/mol. The van der Waals surface area contributed by atoms with E-state index in [0.29, 0.717) is 6.54 Å². The molecule has 18 heavy (non-hydrogen) atoms. The molecule has 1 nitrogen and oxygen atoms in total. The minimum absolute atomic E-state index is 0.241. The topological polar surface area (TPSA) is 26.0 Å². The summed E-state index contributed by atoms with van der Waals surface area (Å²) in [6, 6.07) is 16.4. The molecule has 3 heteroatoms. The normalized spacial score (nSPS) is 12.4. The maximum atomic E-state index is 6.18. The van der Waals surface area contributed by atoms with Gasteiger partial charge < -0.3 is 5.73 Å². The van der Waals surface area contributed by atoms with Gasteiger partial charge in [-0.2, -0.15) is 0 Å². The average molecular weight is 278 g/mol. The van der Waals surface area contributed by atoms with Gasteiger partial charge in [-0.15, -0.1) is 11.8 Å². The van der Waals surface area contributed by atoms with Gasteiger partial charge in [0.05, 0.1) is 5.02 Å². The third kappa shape index (κ3) is 3.29. The fourth-order valence-electron chi connectivity index (χ4n) is 1.73. The molecule has 0 heterocycles. The van der Waals surface area contributed by atoms with Gasteiger partial charge in [0.25, 0.3) is 0 Å². The summed E-state index contributed by atoms with van der Waals surface area (Å²) in [4.78, 5) is 1.08. The molecule has 0 aromatic heterocycles. The van der Waals surface area contributed by atoms with Crippen LogP contribution in [0.2, 0.25) is 5.02 Å². The molecule has 0 aliphatic heterocycles. The number of benzene rings is 2. The van der Waals surface area contributed by atoms with Crippen LogP contribution >= 0.6 is 23.4 Å². The lowest BCUT2D eigenvalue weighted by atomic mass is 10.1. The largest absolute Gasteiger partial charge is 0.329 e. The smallest absolute Gasteiger partial charge is 0.0542 e. The van der Waals surface area contributed by atoms with Crippen molar-refractivity contribution in [2.24, 2.45) is 5.73 Å². The van der Waals surface area contributed by atoms with Crippen LogP contribution in [0.15, 0.2) is 53.4 Å². The Morgan fingerprint density at radius 1 is 1.11 bits per heavy atom. The Labute approximate surface area is 117 Å². The van der Waals surface area contributed by atoms with Crippen LogP contribution in [-0.2, 0) is 0 Å². The van der Waals surface area contributed by atoms with Gasteiger partial charge in [0.1, 0.15) is 0 Å². The van der Waals surface area contributed by atoms with Crippen molar-refractivity contribution in [2.45, 2.75) is 17.1 Å². The molecule has 0 fully saturated rings. The van der Waals surface area contributed by atoms with Gasteiger partial charge in [0.15, 0.2) is 0 Å². The van der Waals surface area contributed by atoms with Crippen molar-refractivity contribution in [1.29, 1.82) is 0 Å². The van der Waals surface area contributed by atoms with E-state index in [1.807, 2.05) is 24.3 Å². The highest BCUT2D eigenvalue weighted by atomic mass is 35.5. The number of hydrogen-bond acceptors (Lipinski definition) is 2. The molecule has 0 aliphatic rings. The SMILES string of the molecule is Cc1ccc(C(CN)Sc2ccccc2Cl)cc1. The molecule has 0 saturated heterocycles. The van der Waals surface area contributed by atoms with E-state index in [-0.39, 0.29) is 5.25 Å². The van der Waals surface area contributed by atoms with Crippen LogP contribution in [0.1, 0.15) is 16.4 Å². The molecule has 0 bridgehead atoms. The highest BCUT2D eigenvalue weighted by Gasteiger charge is 2.12. The van der Waals surface area contributed by atoms with Crippen molar-refractivity contribution in [3.05, 3.63) is 64.7 Å². The molecule has 0 radical (unpaired) electrons. The van der Waals surface area contributed by atoms with Crippen molar-refractivity contribution >= 4 is 23.4 Å². The minimum atomic E-state index is 0.241. The van der Waals surface area contributed by atoms with E-state index in [1.165, 1.54) is 11.1 Å². The summed E-state index contributed by atoms with van der Waals surface area (Å²) in [5.74, 6) is 0. The number of halogens is 1. The Balaban J connectivity index is 2.20. The van der Waals surface area contributed by atoms with Gasteiger partial charge in [-0.3, -0.25) is 0 Å². The Bertz CT molecular complexity index is 510. The Morgan fingerprint density at radius 3 is 2.39 bits per heavy atom. The van der Waals surface area contributed by atoms with Crippen LogP contribution in [0.4, 0.5) is 0 Å². The predicted molar refractivity (Wildman–Crippen MR) is 80.3 cm³/mol. The Hall–Kier alpha value is -0.960. The van der Waals surface area contributed by atoms with E-state index in [4.69, 9.17) is 17.3 Å². The van der Waals surface area contributed by atoms with Crippen LogP contribution in [-0.4, -0.2) is 6.54 Å². The minimum Gasteiger partial charge on any atom is -0.329 e. The number of rotatable bonds is 4. The van der Waals surface area contributed by atoms with E-state index < -0.39 is 0 Å². The first kappa shape index (κ1) is 13.5. The predicted octanol–water partition coefficient (Wildman–Crippen LogP) is 4.44. The average Bonchev–Trinajstić information content (AvgIpc) is 2.39. The summed E-state index contributed by atoms with van der Waals surface area (Å²) >= 11 is 7.89. The Morgan fingerprint density at radius 2 is 1.78 bits per heavy atom. The number of aryl methyl sites for hydroxylation is 1. The quantitative estimate of drug-likeness (QED) is 0.836. The fourth-order valence-corrected chi connectivity index (χ4v) is 3.03. The zero-order chi connectivity index (χ0) is 13.0. The van der Waals surface area contributed by atoms with Crippen molar-refractivity contribution in [3.8, 4) is 0 Å². The molecule has 0 amide bonds. The molecule has 2 N–H and O–H groups in total. The first-order valence-corrected chi connectivity index (χ1v) is 7.14. The van der Waals surface area contributed by atoms with Crippen LogP contribution in [0.5, 0.6) is 0 Å². The molecule has 2 aromatic carbocycles. The third-order valence-corrected chi connectivity index (χ3v) is 4.57. The molecule has 1 unspecified atom stereocenters. The van der Waals surface area contributed by atoms with Gasteiger partial charge in [-0.1, -0.05) is 53.6 Å². The molecule has 0 spiro atoms. The summed E-state index contributed by atoms with van der Waals surface area (Å²) in [7, 11) is 0. The molecule has 2 aromatic rings. The van der Waals surface area contributed by atoms with Crippen LogP contribution in [0.3, 0.4) is 0 Å². The zero-order valence-electron chi connectivity index (χ0n) is 10.3. The van der Waals surface area contributed by atoms with E-state index >= 15 is 0 Å². The molecular weight excluding hydrogens is 262 g/mol. The van der Waals surface area contributed by atoms with Gasteiger partial charge >= 0.3 is 0 Å². The lowest BCUT2D eigenvalue weighted by Crippen LogP contribution is -2.09. The van der Waals surface area contributed by atoms with Gasteiger partial charge in [-0.25, -0.2) is 0 Å². The zero-order valence-corrected chi connectivity index (χ0v) is 11.8. The first-order chi connectivity index (χ1) is 8.70. The molecule has 1 atom stereocenters. The maximum absolute atomic E-state index is 6.18. The second-order valence-electron chi connectivity index (χ2n) is 4.18. The molecular formula is C15H16ClNS. The van der Waals surface area contributed by atoms with Crippen molar-refractivity contribution < 1.29 is 0 Å². The number of thioether (sulfide) groups is 1. The Kier molecular flexibility index (Phi) is 4.70. The standard InChI is InChI=1S/C15H16ClNS/c1-11-6-8-12(9-7-11)15(10-17)18-14-5-3-2-4-13(14)16/h2-9,15H,10,17H2,1H3. The fraction of sp³-hybridized carbons (Fsp3) is 0.200. The summed E-state index contributed by atoms with van der Waals surface area (Å²) in [5.41, 5.74) is 8.38. The van der Waals surface area contributed by atoms with Gasteiger partial charge in [0, 0.05) is 16.7 Å². The lowest BCUT2D eigenvalue weighted by Gasteiger charge is -2.15. The van der Waals surface area contributed by atoms with Gasteiger partial charge in [0.2, 0.25) is 0 Å². The second kappa shape index (κ2) is 6.28. The van der Waals surface area contributed by atoms with Gasteiger partial charge in [-0.05, 0) is 24.6 Å². The second-order valence-corrected chi connectivity index (χ2v) is 5.84. The van der Waals surface area contributed by atoms with Crippen LogP contribution in [0.25, 0.3) is 0 Å². The van der Waals surface area contributed by atoms with Crippen LogP contribution < -0.4 is 5.73 Å². The molecule has 0 aliphatic carbocycles. The summed E-state index contributed by atoms with van der Waals surface area (Å²) in [5, 5.41) is 1.03. The van der Waals surface area contributed by atoms with Crippen LogP contribution in [0, 0.1) is 6.92 Å². The molecule has 94 valence electrons. The lowest BCUT2D eigenvalue weighted by molar-refractivity contribution is 0.940. The maximum Gasteiger partial charge on any atom is 0.0542 e. The van der Waals surface area contributed by atoms with Crippen molar-refractivity contribution in [2.75, 3.05) is 6.54 Å². The molecule has 2 rings (SSSR count). The van der Waals surface area contributed by atoms with E-state index in [2.05, 4.69) is 31.2 Å². The summed E-state index contributed by atoms with van der Waals surface area (Å²) in [6.07, 6.45) is 0. The molecule has 0 saturated carbocycles. The van der Waals surface area contributed by atoms with E-state index in [1.54, 1.807) is 11.8 Å². The van der Waals surface area contributed by atoms with E-state index in [9.17, 15) is 0 Å². The van der Waals surface area contributed by atoms with Crippen molar-refractivity contribution in [3.63, 3.8) is 0 Å². The van der Waals surface area contributed by atoms with Crippen molar-refractivity contribution in [1.82, 2.24) is 0 Å². The number of nitrogens with two attached hydrogens (primary N) is 1. The summed E-state index contributed by atoms with van der Waals surface area (Å²) < 4.78 is 0. The first-order valence-electron chi connectivity index (χ1n) is 5.88. The van der Waals surface area contributed by atoms with E-state index in [0.717, 1.165) is 9.92 Å².